The summed E-state index contributed by atoms with van der Waals surface area (Å²) in [6.45, 7) is 3.81. The lowest BCUT2D eigenvalue weighted by Gasteiger charge is -2.09. The van der Waals surface area contributed by atoms with Gasteiger partial charge in [0.15, 0.2) is 0 Å². The van der Waals surface area contributed by atoms with E-state index in [1.807, 2.05) is 0 Å². The molecule has 1 aliphatic carbocycles. The number of rotatable bonds is 2. The normalized spacial score (nSPS) is 23.1. The Morgan fingerprint density at radius 1 is 1.73 bits per heavy atom. The van der Waals surface area contributed by atoms with Crippen LogP contribution in [0.15, 0.2) is 23.8 Å². The van der Waals surface area contributed by atoms with Crippen molar-refractivity contribution >= 4 is 5.78 Å². The van der Waals surface area contributed by atoms with Gasteiger partial charge in [-0.3, -0.25) is 4.79 Å². The lowest BCUT2D eigenvalue weighted by atomic mass is 9.96. The molecule has 0 spiro atoms. The van der Waals surface area contributed by atoms with Crippen LogP contribution in [0.1, 0.15) is 26.7 Å². The highest BCUT2D eigenvalue weighted by atomic mass is 16.1. The molecule has 0 heterocycles. The summed E-state index contributed by atoms with van der Waals surface area (Å²) in [7, 11) is 0. The van der Waals surface area contributed by atoms with E-state index >= 15 is 0 Å². The molecule has 0 saturated heterocycles. The Morgan fingerprint density at radius 2 is 2.45 bits per heavy atom. The summed E-state index contributed by atoms with van der Waals surface area (Å²) in [4.78, 5) is 10.7. The first-order chi connectivity index (χ1) is 5.18. The Labute approximate surface area is 67.8 Å². The maximum absolute atomic E-state index is 10.7. The third-order valence-electron chi connectivity index (χ3n) is 1.84. The molecule has 0 saturated carbocycles. The van der Waals surface area contributed by atoms with Crippen LogP contribution in [0.5, 0.6) is 0 Å². The van der Waals surface area contributed by atoms with E-state index in [-0.39, 0.29) is 5.78 Å². The molecular formula is C10H14O. The van der Waals surface area contributed by atoms with E-state index < -0.39 is 0 Å². The molecule has 0 N–H and O–H groups in total. The zero-order valence-electron chi connectivity index (χ0n) is 7.13. The monoisotopic (exact) mass is 150 g/mol. The number of carbonyl (C=O) groups excluding carboxylic acids is 1. The Hall–Kier alpha value is -0.850. The maximum atomic E-state index is 10.7. The van der Waals surface area contributed by atoms with Gasteiger partial charge in [0.2, 0.25) is 0 Å². The van der Waals surface area contributed by atoms with Crippen molar-refractivity contribution in [3.8, 4) is 0 Å². The SMILES string of the molecule is CC(=O)CC1=CCC(C)C=C1. The van der Waals surface area contributed by atoms with Gasteiger partial charge in [-0.2, -0.15) is 0 Å². The van der Waals surface area contributed by atoms with Crippen LogP contribution < -0.4 is 0 Å². The van der Waals surface area contributed by atoms with Gasteiger partial charge in [0.05, 0.1) is 0 Å². The van der Waals surface area contributed by atoms with E-state index in [9.17, 15) is 4.79 Å². The Balaban J connectivity index is 2.50. The lowest BCUT2D eigenvalue weighted by molar-refractivity contribution is -0.116. The largest absolute Gasteiger partial charge is 0.300 e. The second kappa shape index (κ2) is 3.51. The fraction of sp³-hybridized carbons (Fsp3) is 0.500. The van der Waals surface area contributed by atoms with Crippen LogP contribution in [0.4, 0.5) is 0 Å². The predicted octanol–water partition coefficient (Wildman–Crippen LogP) is 2.49. The first-order valence-corrected chi connectivity index (χ1v) is 4.05. The van der Waals surface area contributed by atoms with Gasteiger partial charge in [-0.1, -0.05) is 25.2 Å². The van der Waals surface area contributed by atoms with Crippen molar-refractivity contribution in [3.05, 3.63) is 23.8 Å². The molecule has 0 fully saturated rings. The minimum absolute atomic E-state index is 0.246. The zero-order valence-corrected chi connectivity index (χ0v) is 7.13. The molecule has 0 amide bonds. The van der Waals surface area contributed by atoms with Crippen molar-refractivity contribution in [2.45, 2.75) is 26.7 Å². The third kappa shape index (κ3) is 2.71. The van der Waals surface area contributed by atoms with Gasteiger partial charge in [0.1, 0.15) is 5.78 Å². The molecule has 1 rings (SSSR count). The lowest BCUT2D eigenvalue weighted by Crippen LogP contribution is -1.98. The van der Waals surface area contributed by atoms with Crippen LogP contribution in [-0.2, 0) is 4.79 Å². The Kier molecular flexibility index (Phi) is 2.64. The topological polar surface area (TPSA) is 17.1 Å². The van der Waals surface area contributed by atoms with Crippen molar-refractivity contribution in [3.63, 3.8) is 0 Å². The van der Waals surface area contributed by atoms with Gasteiger partial charge in [0.25, 0.3) is 0 Å². The van der Waals surface area contributed by atoms with Crippen LogP contribution in [0.2, 0.25) is 0 Å². The van der Waals surface area contributed by atoms with E-state index in [2.05, 4.69) is 25.2 Å². The fourth-order valence-electron chi connectivity index (χ4n) is 1.19. The van der Waals surface area contributed by atoms with Gasteiger partial charge in [-0.15, -0.1) is 0 Å². The first kappa shape index (κ1) is 8.25. The highest BCUT2D eigenvalue weighted by molar-refractivity contribution is 5.78. The molecular weight excluding hydrogens is 136 g/mol. The van der Waals surface area contributed by atoms with Crippen LogP contribution in [-0.4, -0.2) is 5.78 Å². The molecule has 1 unspecified atom stereocenters. The van der Waals surface area contributed by atoms with E-state index in [0.29, 0.717) is 12.3 Å². The second-order valence-corrected chi connectivity index (χ2v) is 3.23. The summed E-state index contributed by atoms with van der Waals surface area (Å²) >= 11 is 0. The van der Waals surface area contributed by atoms with Crippen molar-refractivity contribution in [1.82, 2.24) is 0 Å². The minimum atomic E-state index is 0.246. The summed E-state index contributed by atoms with van der Waals surface area (Å²) in [6, 6.07) is 0. The molecule has 0 aromatic carbocycles. The van der Waals surface area contributed by atoms with Crippen LogP contribution in [0, 0.1) is 5.92 Å². The average molecular weight is 150 g/mol. The summed E-state index contributed by atoms with van der Waals surface area (Å²) in [6.07, 6.45) is 8.07. The number of carbonyl (C=O) groups is 1. The smallest absolute Gasteiger partial charge is 0.134 e. The summed E-state index contributed by atoms with van der Waals surface area (Å²) in [5.74, 6) is 0.890. The molecule has 60 valence electrons. The molecule has 11 heavy (non-hydrogen) atoms. The predicted molar refractivity (Wildman–Crippen MR) is 46.3 cm³/mol. The Morgan fingerprint density at radius 3 is 2.91 bits per heavy atom. The molecule has 1 atom stereocenters. The zero-order chi connectivity index (χ0) is 8.27. The standard InChI is InChI=1S/C10H14O/c1-8-3-5-10(6-4-8)7-9(2)11/h3,5-6,8H,4,7H2,1-2H3. The molecule has 0 radical (unpaired) electrons. The summed E-state index contributed by atoms with van der Waals surface area (Å²) in [5, 5.41) is 0. The number of hydrogen-bond acceptors (Lipinski definition) is 1. The number of Topliss-reactive ketones (excluding diaryl/α,β-unsaturated/α-hetero) is 1. The molecule has 1 heteroatoms. The van der Waals surface area contributed by atoms with Crippen molar-refractivity contribution in [2.24, 2.45) is 5.92 Å². The van der Waals surface area contributed by atoms with Gasteiger partial charge >= 0.3 is 0 Å². The van der Waals surface area contributed by atoms with E-state index in [1.54, 1.807) is 6.92 Å². The first-order valence-electron chi connectivity index (χ1n) is 4.05. The van der Waals surface area contributed by atoms with Crippen molar-refractivity contribution < 1.29 is 4.79 Å². The number of hydrogen-bond donors (Lipinski definition) is 0. The van der Waals surface area contributed by atoms with Gasteiger partial charge in [-0.25, -0.2) is 0 Å². The molecule has 0 aromatic rings. The third-order valence-corrected chi connectivity index (χ3v) is 1.84. The molecule has 0 aromatic heterocycles. The van der Waals surface area contributed by atoms with Crippen LogP contribution in [0.3, 0.4) is 0 Å². The molecule has 0 aliphatic heterocycles. The van der Waals surface area contributed by atoms with Crippen LogP contribution >= 0.6 is 0 Å². The summed E-state index contributed by atoms with van der Waals surface area (Å²) in [5.41, 5.74) is 1.18. The highest BCUT2D eigenvalue weighted by Gasteiger charge is 2.04. The molecule has 1 nitrogen and oxygen atoms in total. The van der Waals surface area contributed by atoms with Gasteiger partial charge in [0, 0.05) is 6.42 Å². The fourth-order valence-corrected chi connectivity index (χ4v) is 1.19. The highest BCUT2D eigenvalue weighted by Crippen LogP contribution is 2.17. The summed E-state index contributed by atoms with van der Waals surface area (Å²) < 4.78 is 0. The number of allylic oxidation sites excluding steroid dienone is 4. The maximum Gasteiger partial charge on any atom is 0.134 e. The average Bonchev–Trinajstić information content (AvgIpc) is 1.93. The van der Waals surface area contributed by atoms with Crippen molar-refractivity contribution in [1.29, 1.82) is 0 Å². The quantitative estimate of drug-likeness (QED) is 0.591. The van der Waals surface area contributed by atoms with Gasteiger partial charge < -0.3 is 0 Å². The van der Waals surface area contributed by atoms with E-state index in [4.69, 9.17) is 0 Å². The minimum Gasteiger partial charge on any atom is -0.300 e. The Bertz CT molecular complexity index is 211. The molecule has 0 bridgehead atoms. The number of ketones is 1. The second-order valence-electron chi connectivity index (χ2n) is 3.23. The van der Waals surface area contributed by atoms with E-state index in [0.717, 1.165) is 6.42 Å². The van der Waals surface area contributed by atoms with E-state index in [1.165, 1.54) is 5.57 Å². The van der Waals surface area contributed by atoms with Crippen molar-refractivity contribution in [2.75, 3.05) is 0 Å². The van der Waals surface area contributed by atoms with Crippen LogP contribution in [0.25, 0.3) is 0 Å². The molecule has 1 aliphatic rings. The van der Waals surface area contributed by atoms with Gasteiger partial charge in [-0.05, 0) is 24.8 Å².